The van der Waals surface area contributed by atoms with Crippen LogP contribution in [0.25, 0.3) is 11.6 Å². The average Bonchev–Trinajstić information content (AvgIpc) is 3.11. The van der Waals surface area contributed by atoms with E-state index in [1.54, 1.807) is 7.11 Å². The number of nitrogens with zero attached hydrogens (tertiary/aromatic N) is 3. The molecule has 1 saturated heterocycles. The van der Waals surface area contributed by atoms with Gasteiger partial charge in [-0.2, -0.15) is 4.98 Å². The van der Waals surface area contributed by atoms with E-state index in [2.05, 4.69) is 22.1 Å². The summed E-state index contributed by atoms with van der Waals surface area (Å²) in [7, 11) is 3.69. The Labute approximate surface area is 139 Å². The Hall–Kier alpha value is -2.38. The lowest BCUT2D eigenvalue weighted by Crippen LogP contribution is -2.35. The fourth-order valence-electron chi connectivity index (χ4n) is 2.84. The second-order valence-corrected chi connectivity index (χ2v) is 5.94. The van der Waals surface area contributed by atoms with Crippen LogP contribution in [0.2, 0.25) is 0 Å². The zero-order valence-corrected chi connectivity index (χ0v) is 13.7. The van der Waals surface area contributed by atoms with Crippen molar-refractivity contribution in [2.45, 2.75) is 6.10 Å². The second-order valence-electron chi connectivity index (χ2n) is 5.94. The van der Waals surface area contributed by atoms with Crippen LogP contribution in [0, 0.1) is 0 Å². The second kappa shape index (κ2) is 6.26. The van der Waals surface area contributed by atoms with Gasteiger partial charge in [0.1, 0.15) is 24.2 Å². The van der Waals surface area contributed by atoms with E-state index in [0.717, 1.165) is 35.7 Å². The van der Waals surface area contributed by atoms with E-state index in [9.17, 15) is 0 Å². The van der Waals surface area contributed by atoms with E-state index in [4.69, 9.17) is 18.7 Å². The Morgan fingerprint density at radius 2 is 2.25 bits per heavy atom. The first-order valence-corrected chi connectivity index (χ1v) is 7.88. The molecule has 0 N–H and O–H groups in total. The van der Waals surface area contributed by atoms with Gasteiger partial charge < -0.3 is 23.6 Å². The maximum absolute atomic E-state index is 5.77. The highest BCUT2D eigenvalue weighted by molar-refractivity contribution is 5.83. The smallest absolute Gasteiger partial charge is 0.257 e. The van der Waals surface area contributed by atoms with Crippen molar-refractivity contribution >= 4 is 11.6 Å². The van der Waals surface area contributed by atoms with E-state index < -0.39 is 0 Å². The molecule has 24 heavy (non-hydrogen) atoms. The molecule has 0 radical (unpaired) electrons. The van der Waals surface area contributed by atoms with Gasteiger partial charge in [0, 0.05) is 18.7 Å². The Balaban J connectivity index is 1.59. The summed E-state index contributed by atoms with van der Waals surface area (Å²) in [4.78, 5) is 6.69. The van der Waals surface area contributed by atoms with Gasteiger partial charge in [-0.1, -0.05) is 5.16 Å². The van der Waals surface area contributed by atoms with E-state index in [1.165, 1.54) is 0 Å². The number of hydrogen-bond acceptors (Lipinski definition) is 7. The molecule has 126 valence electrons. The number of fused-ring (bicyclic) bond motifs is 1. The van der Waals surface area contributed by atoms with Crippen LogP contribution in [0.1, 0.15) is 23.4 Å². The highest BCUT2D eigenvalue weighted by Gasteiger charge is 2.26. The van der Waals surface area contributed by atoms with Crippen LogP contribution in [0.5, 0.6) is 11.5 Å². The third-order valence-corrected chi connectivity index (χ3v) is 4.20. The first-order chi connectivity index (χ1) is 11.7. The van der Waals surface area contributed by atoms with Gasteiger partial charge in [0.15, 0.2) is 0 Å². The minimum atomic E-state index is -0.154. The van der Waals surface area contributed by atoms with Crippen LogP contribution >= 0.6 is 0 Å². The lowest BCUT2D eigenvalue weighted by molar-refractivity contribution is -0.0264. The summed E-state index contributed by atoms with van der Waals surface area (Å²) in [5.41, 5.74) is 1.78. The van der Waals surface area contributed by atoms with Crippen molar-refractivity contribution in [2.75, 3.05) is 40.5 Å². The molecule has 1 atom stereocenters. The van der Waals surface area contributed by atoms with Crippen LogP contribution in [-0.4, -0.2) is 55.5 Å². The molecule has 7 heteroatoms. The molecule has 1 fully saturated rings. The Kier molecular flexibility index (Phi) is 3.95. The van der Waals surface area contributed by atoms with Gasteiger partial charge in [0.2, 0.25) is 5.82 Å². The number of methoxy groups -OCH3 is 1. The molecule has 1 aromatic carbocycles. The topological polar surface area (TPSA) is 69.9 Å². The molecule has 3 heterocycles. The number of benzene rings is 1. The summed E-state index contributed by atoms with van der Waals surface area (Å²) in [6.07, 6.45) is 1.84. The number of hydrogen-bond donors (Lipinski definition) is 0. The molecule has 1 aromatic heterocycles. The van der Waals surface area contributed by atoms with Gasteiger partial charge in [0.25, 0.3) is 5.89 Å². The molecule has 7 nitrogen and oxygen atoms in total. The molecule has 0 aliphatic carbocycles. The average molecular weight is 329 g/mol. The SMILES string of the molecule is COc1ccc2c(c1)C=C(c1nc([C@@H]3CN(C)CCO3)no1)CO2. The van der Waals surface area contributed by atoms with E-state index in [1.807, 2.05) is 24.3 Å². The predicted molar refractivity (Wildman–Crippen MR) is 86.8 cm³/mol. The summed E-state index contributed by atoms with van der Waals surface area (Å²) >= 11 is 0. The van der Waals surface area contributed by atoms with Gasteiger partial charge >= 0.3 is 0 Å². The molecular weight excluding hydrogens is 310 g/mol. The van der Waals surface area contributed by atoms with E-state index in [0.29, 0.717) is 24.9 Å². The summed E-state index contributed by atoms with van der Waals surface area (Å²) < 4.78 is 22.2. The van der Waals surface area contributed by atoms with Crippen molar-refractivity contribution in [3.05, 3.63) is 35.5 Å². The van der Waals surface area contributed by atoms with Crippen LogP contribution < -0.4 is 9.47 Å². The standard InChI is InChI=1S/C17H19N3O4/c1-20-5-6-22-15(9-20)16-18-17(24-19-16)12-7-11-8-13(21-2)3-4-14(11)23-10-12/h3-4,7-8,15H,5-6,9-10H2,1-2H3/t15-/m0/s1. The first kappa shape index (κ1) is 15.2. The molecule has 2 aromatic rings. The van der Waals surface area contributed by atoms with Crippen molar-refractivity contribution in [1.29, 1.82) is 0 Å². The van der Waals surface area contributed by atoms with Gasteiger partial charge in [-0.05, 0) is 31.3 Å². The van der Waals surface area contributed by atoms with Gasteiger partial charge in [0.05, 0.1) is 19.3 Å². The van der Waals surface area contributed by atoms with E-state index in [-0.39, 0.29) is 6.10 Å². The largest absolute Gasteiger partial charge is 0.497 e. The van der Waals surface area contributed by atoms with Crippen LogP contribution in [0.15, 0.2) is 22.7 Å². The first-order valence-electron chi connectivity index (χ1n) is 7.88. The molecule has 2 aliphatic rings. The third kappa shape index (κ3) is 2.88. The highest BCUT2D eigenvalue weighted by Crippen LogP contribution is 2.33. The molecule has 0 amide bonds. The summed E-state index contributed by atoms with van der Waals surface area (Å²) in [6, 6.07) is 5.69. The van der Waals surface area contributed by atoms with Gasteiger partial charge in [-0.15, -0.1) is 0 Å². The zero-order chi connectivity index (χ0) is 16.5. The Morgan fingerprint density at radius 3 is 3.08 bits per heavy atom. The summed E-state index contributed by atoms with van der Waals surface area (Å²) in [5, 5.41) is 4.08. The van der Waals surface area contributed by atoms with Crippen LogP contribution in [-0.2, 0) is 4.74 Å². The minimum Gasteiger partial charge on any atom is -0.497 e. The third-order valence-electron chi connectivity index (χ3n) is 4.20. The molecular formula is C17H19N3O4. The molecule has 0 saturated carbocycles. The monoisotopic (exact) mass is 329 g/mol. The molecule has 0 spiro atoms. The molecule has 2 aliphatic heterocycles. The molecule has 0 bridgehead atoms. The predicted octanol–water partition coefficient (Wildman–Crippen LogP) is 2.01. The highest BCUT2D eigenvalue weighted by atomic mass is 16.5. The quantitative estimate of drug-likeness (QED) is 0.853. The van der Waals surface area contributed by atoms with Crippen molar-refractivity contribution in [3.63, 3.8) is 0 Å². The summed E-state index contributed by atoms with van der Waals surface area (Å²) in [6.45, 7) is 2.74. The lowest BCUT2D eigenvalue weighted by atomic mass is 10.1. The van der Waals surface area contributed by atoms with E-state index >= 15 is 0 Å². The van der Waals surface area contributed by atoms with Crippen LogP contribution in [0.4, 0.5) is 0 Å². The molecule has 4 rings (SSSR count). The Bertz CT molecular complexity index is 771. The number of aromatic nitrogens is 2. The number of likely N-dealkylation sites (N-methyl/N-ethyl adjacent to an activating group) is 1. The fraction of sp³-hybridized carbons (Fsp3) is 0.412. The molecule has 0 unspecified atom stereocenters. The fourth-order valence-corrected chi connectivity index (χ4v) is 2.84. The van der Waals surface area contributed by atoms with Crippen molar-refractivity contribution in [3.8, 4) is 11.5 Å². The number of ether oxygens (including phenoxy) is 3. The lowest BCUT2D eigenvalue weighted by Gasteiger charge is -2.27. The number of morpholine rings is 1. The van der Waals surface area contributed by atoms with Crippen molar-refractivity contribution in [1.82, 2.24) is 15.0 Å². The van der Waals surface area contributed by atoms with Crippen LogP contribution in [0.3, 0.4) is 0 Å². The van der Waals surface area contributed by atoms with Crippen molar-refractivity contribution < 1.29 is 18.7 Å². The summed E-state index contributed by atoms with van der Waals surface area (Å²) in [5.74, 6) is 2.64. The van der Waals surface area contributed by atoms with Gasteiger partial charge in [-0.25, -0.2) is 0 Å². The maximum Gasteiger partial charge on any atom is 0.257 e. The van der Waals surface area contributed by atoms with Crippen molar-refractivity contribution in [2.24, 2.45) is 0 Å². The number of rotatable bonds is 3. The normalized spacial score (nSPS) is 20.9. The van der Waals surface area contributed by atoms with Gasteiger partial charge in [-0.3, -0.25) is 0 Å². The Morgan fingerprint density at radius 1 is 1.33 bits per heavy atom. The zero-order valence-electron chi connectivity index (χ0n) is 13.7. The maximum atomic E-state index is 5.77. The minimum absolute atomic E-state index is 0.154.